The number of carboxylic acids is 1. The number of hydrogen-bond donors (Lipinski definition) is 11. The van der Waals surface area contributed by atoms with Crippen LogP contribution < -0.4 is 10.6 Å². The fraction of sp³-hybridized carbons (Fsp3) is 0.583. The number of esters is 1. The highest BCUT2D eigenvalue weighted by Gasteiger charge is 2.37. The number of nitrogens with one attached hydrogen (secondary N) is 2. The minimum Gasteiger partial charge on any atom is -0.480 e. The number of benzene rings is 3. The van der Waals surface area contributed by atoms with Gasteiger partial charge in [0, 0.05) is 97.2 Å². The summed E-state index contributed by atoms with van der Waals surface area (Å²) in [5, 5.41) is 87.9. The zero-order valence-corrected chi connectivity index (χ0v) is 37.5. The van der Waals surface area contributed by atoms with Gasteiger partial charge in [-0.25, -0.2) is 0 Å². The molecule has 11 N–H and O–H groups in total. The summed E-state index contributed by atoms with van der Waals surface area (Å²) in [6, 6.07) is 29.5. The second kappa shape index (κ2) is 29.0. The van der Waals surface area contributed by atoms with Crippen molar-refractivity contribution in [3.63, 3.8) is 0 Å². The number of aliphatic carboxylic acids is 1. The van der Waals surface area contributed by atoms with Crippen molar-refractivity contribution in [1.29, 1.82) is 0 Å². The lowest BCUT2D eigenvalue weighted by Gasteiger charge is -2.33. The van der Waals surface area contributed by atoms with Gasteiger partial charge in [0.25, 0.3) is 0 Å². The summed E-state index contributed by atoms with van der Waals surface area (Å²) < 4.78 is 5.05. The second-order valence-electron chi connectivity index (χ2n) is 17.3. The van der Waals surface area contributed by atoms with Crippen molar-refractivity contribution in [2.75, 3.05) is 59.0 Å². The van der Waals surface area contributed by atoms with Crippen molar-refractivity contribution in [2.45, 2.75) is 120 Å². The van der Waals surface area contributed by atoms with E-state index in [9.17, 15) is 35.1 Å². The van der Waals surface area contributed by atoms with Gasteiger partial charge >= 0.3 is 11.9 Å². The lowest BCUT2D eigenvalue weighted by molar-refractivity contribution is -0.148. The fourth-order valence-electron chi connectivity index (χ4n) is 8.42. The first kappa shape index (κ1) is 53.7. The van der Waals surface area contributed by atoms with Crippen LogP contribution in [0.1, 0.15) is 55.7 Å². The van der Waals surface area contributed by atoms with Crippen LogP contribution in [0.5, 0.6) is 0 Å². The van der Waals surface area contributed by atoms with Crippen LogP contribution in [0.25, 0.3) is 0 Å². The Morgan fingerprint density at radius 1 is 0.569 bits per heavy atom. The Morgan fingerprint density at radius 3 is 1.45 bits per heavy atom. The lowest BCUT2D eigenvalue weighted by Crippen LogP contribution is -2.45. The summed E-state index contributed by atoms with van der Waals surface area (Å²) in [5.74, 6) is -1.11. The SMILES string of the molecule is CCOC(=O)[C@H]1C[C@@H](O)CN1Cc1ccccc1.O=C(O)[C@H]1C[C@@H](O)CN1.OC[C@H]1C[C@@H](O)CN1Cc1ccccc1.O[C@@H]1CNC[C@H](O)C1.O[C@@H]1C[C@H](O)CN(Cc2ccccc2)C1. The van der Waals surface area contributed by atoms with Gasteiger partial charge in [-0.15, -0.1) is 0 Å². The molecule has 10 atom stereocenters. The van der Waals surface area contributed by atoms with Crippen molar-refractivity contribution in [1.82, 2.24) is 25.3 Å². The summed E-state index contributed by atoms with van der Waals surface area (Å²) in [4.78, 5) is 28.2. The summed E-state index contributed by atoms with van der Waals surface area (Å²) >= 11 is 0. The van der Waals surface area contributed by atoms with Crippen LogP contribution in [-0.4, -0.2) is 192 Å². The van der Waals surface area contributed by atoms with Gasteiger partial charge < -0.3 is 61.3 Å². The topological polar surface area (TPSA) is 259 Å². The van der Waals surface area contributed by atoms with Crippen molar-refractivity contribution in [3.05, 3.63) is 108 Å². The van der Waals surface area contributed by atoms with Crippen LogP contribution in [0.4, 0.5) is 0 Å². The van der Waals surface area contributed by atoms with Gasteiger partial charge in [-0.3, -0.25) is 24.3 Å². The van der Waals surface area contributed by atoms with E-state index in [1.807, 2.05) is 71.6 Å². The number of ether oxygens (including phenoxy) is 1. The normalized spacial score (nSPS) is 29.1. The third-order valence-corrected chi connectivity index (χ3v) is 11.6. The molecule has 0 amide bonds. The number of aliphatic hydroxyl groups excluding tert-OH is 8. The van der Waals surface area contributed by atoms with Gasteiger partial charge in [0.2, 0.25) is 0 Å². The molecule has 5 heterocycles. The van der Waals surface area contributed by atoms with Crippen LogP contribution in [0.3, 0.4) is 0 Å². The molecule has 362 valence electrons. The Bertz CT molecular complexity index is 1740. The highest BCUT2D eigenvalue weighted by Crippen LogP contribution is 2.22. The molecule has 17 heteroatoms. The number of aliphatic hydroxyl groups is 8. The second-order valence-corrected chi connectivity index (χ2v) is 17.3. The maximum atomic E-state index is 11.8. The number of carbonyl (C=O) groups excluding carboxylic acids is 1. The predicted octanol–water partition coefficient (Wildman–Crippen LogP) is -0.0916. The Hall–Kier alpha value is -3.92. The first-order chi connectivity index (χ1) is 31.2. The number of rotatable bonds is 10. The van der Waals surface area contributed by atoms with Crippen LogP contribution in [0.15, 0.2) is 91.0 Å². The molecule has 8 rings (SSSR count). The average Bonchev–Trinajstić information content (AvgIpc) is 3.99. The maximum absolute atomic E-state index is 11.8. The molecule has 5 aliphatic rings. The zero-order valence-electron chi connectivity index (χ0n) is 37.5. The van der Waals surface area contributed by atoms with Gasteiger partial charge in [-0.05, 0) is 30.0 Å². The highest BCUT2D eigenvalue weighted by molar-refractivity contribution is 5.76. The Balaban J connectivity index is 0.000000183. The molecule has 17 nitrogen and oxygen atoms in total. The van der Waals surface area contributed by atoms with Crippen molar-refractivity contribution >= 4 is 11.9 Å². The summed E-state index contributed by atoms with van der Waals surface area (Å²) in [7, 11) is 0. The summed E-state index contributed by atoms with van der Waals surface area (Å²) in [6.07, 6.45) is -0.185. The lowest BCUT2D eigenvalue weighted by atomic mass is 10.0. The fourth-order valence-corrected chi connectivity index (χ4v) is 8.42. The quantitative estimate of drug-likeness (QED) is 0.119. The molecular weight excluding hydrogens is 839 g/mol. The molecule has 0 saturated carbocycles. The average molecular weight is 912 g/mol. The molecule has 0 spiro atoms. The number of likely N-dealkylation sites (tertiary alicyclic amines) is 3. The van der Waals surface area contributed by atoms with Crippen LogP contribution in [0.2, 0.25) is 0 Å². The Morgan fingerprint density at radius 2 is 1.02 bits per heavy atom. The minimum absolute atomic E-state index is 0.111. The molecule has 0 unspecified atom stereocenters. The number of piperidine rings is 2. The molecule has 5 saturated heterocycles. The predicted molar refractivity (Wildman–Crippen MR) is 244 cm³/mol. The molecule has 3 aromatic rings. The largest absolute Gasteiger partial charge is 0.480 e. The highest BCUT2D eigenvalue weighted by atomic mass is 16.5. The van der Waals surface area contributed by atoms with Crippen LogP contribution in [0, 0.1) is 0 Å². The van der Waals surface area contributed by atoms with Gasteiger partial charge in [-0.2, -0.15) is 0 Å². The monoisotopic (exact) mass is 912 g/mol. The smallest absolute Gasteiger partial charge is 0.323 e. The number of β-amino-alcohol motifs (C(OH)–C–C–N with tert-alkyl or cyclic N) is 7. The summed E-state index contributed by atoms with van der Waals surface area (Å²) in [6.45, 7) is 8.74. The van der Waals surface area contributed by atoms with Crippen molar-refractivity contribution < 1.29 is 60.3 Å². The van der Waals surface area contributed by atoms with Gasteiger partial charge in [0.1, 0.15) is 12.1 Å². The third-order valence-electron chi connectivity index (χ3n) is 11.6. The molecule has 5 fully saturated rings. The van der Waals surface area contributed by atoms with Crippen molar-refractivity contribution in [2.24, 2.45) is 0 Å². The van der Waals surface area contributed by atoms with E-state index in [2.05, 4.69) is 44.7 Å². The minimum atomic E-state index is -0.883. The number of carboxylic acid groups (broad SMARTS) is 1. The van der Waals surface area contributed by atoms with E-state index >= 15 is 0 Å². The molecule has 0 aromatic heterocycles. The molecule has 0 radical (unpaired) electrons. The first-order valence-electron chi connectivity index (χ1n) is 22.8. The van der Waals surface area contributed by atoms with Gasteiger partial charge in [0.05, 0.1) is 55.9 Å². The number of carbonyl (C=O) groups is 2. The van der Waals surface area contributed by atoms with E-state index in [0.29, 0.717) is 91.1 Å². The molecule has 3 aromatic carbocycles. The number of hydrogen-bond acceptors (Lipinski definition) is 16. The van der Waals surface area contributed by atoms with Crippen molar-refractivity contribution in [3.8, 4) is 0 Å². The van der Waals surface area contributed by atoms with E-state index < -0.39 is 36.4 Å². The molecular formula is C48H73N5O12. The number of nitrogens with zero attached hydrogens (tertiary/aromatic N) is 3. The van der Waals surface area contributed by atoms with E-state index in [1.54, 1.807) is 6.92 Å². The van der Waals surface area contributed by atoms with Gasteiger partial charge in [-0.1, -0.05) is 91.0 Å². The van der Waals surface area contributed by atoms with E-state index in [0.717, 1.165) is 18.7 Å². The van der Waals surface area contributed by atoms with E-state index in [-0.39, 0.29) is 43.0 Å². The maximum Gasteiger partial charge on any atom is 0.323 e. The standard InChI is InChI=1S/C14H19NO3.2C12H17NO2.C5H9NO3.C5H11NO2/c1-2-18-14(17)13-8-12(16)10-15(13)9-11-6-4-3-5-7-11;14-9-11-6-12(15)8-13(11)7-10-4-2-1-3-5-10;14-11-6-12(15)9-13(8-11)7-10-4-2-1-3-5-10;7-3-1-4(5(8)9)6-2-3;7-4-1-5(8)3-6-2-4/h3-7,12-13,16H,2,8-10H2,1H3;2*1-5,11-12,14-15H,6-9H2;3-4,6-7H,1-2H2,(H,8,9);4-8H,1-3H2/t12-,13-;11-,12-;11-,12+;3-,4-;4-,5+/m11.1./s1. The molecule has 5 aliphatic heterocycles. The Kier molecular flexibility index (Phi) is 23.9. The third kappa shape index (κ3) is 20.2. The van der Waals surface area contributed by atoms with E-state index in [1.165, 1.54) is 11.1 Å². The van der Waals surface area contributed by atoms with Crippen LogP contribution in [-0.2, 0) is 34.0 Å². The van der Waals surface area contributed by atoms with Gasteiger partial charge in [0.15, 0.2) is 0 Å². The van der Waals surface area contributed by atoms with Crippen LogP contribution >= 0.6 is 0 Å². The summed E-state index contributed by atoms with van der Waals surface area (Å²) in [5.41, 5.74) is 3.59. The molecule has 65 heavy (non-hydrogen) atoms. The molecule has 0 bridgehead atoms. The zero-order chi connectivity index (χ0) is 47.1. The van der Waals surface area contributed by atoms with E-state index in [4.69, 9.17) is 25.2 Å². The Labute approximate surface area is 382 Å². The first-order valence-corrected chi connectivity index (χ1v) is 22.8. The molecule has 0 aliphatic carbocycles.